The first-order valence-corrected chi connectivity index (χ1v) is 8.58. The molecule has 144 valence electrons. The monoisotopic (exact) mass is 388 g/mol. The maximum Gasteiger partial charge on any atom is 0.422 e. The van der Waals surface area contributed by atoms with E-state index in [0.29, 0.717) is 22.9 Å². The van der Waals surface area contributed by atoms with Crippen LogP contribution in [0.5, 0.6) is 5.75 Å². The molecule has 1 aliphatic rings. The van der Waals surface area contributed by atoms with Crippen molar-refractivity contribution in [2.75, 3.05) is 13.2 Å². The third kappa shape index (κ3) is 3.33. The molecule has 0 radical (unpaired) electrons. The molecule has 0 saturated carbocycles. The van der Waals surface area contributed by atoms with Crippen molar-refractivity contribution in [3.05, 3.63) is 65.4 Å². The third-order valence-corrected chi connectivity index (χ3v) is 4.62. The molecule has 0 atom stereocenters. The quantitative estimate of drug-likeness (QED) is 0.674. The zero-order chi connectivity index (χ0) is 19.9. The molecule has 8 heteroatoms. The second-order valence-electron chi connectivity index (χ2n) is 6.48. The van der Waals surface area contributed by atoms with E-state index in [1.165, 1.54) is 17.0 Å². The van der Waals surface area contributed by atoms with Crippen molar-refractivity contribution in [2.45, 2.75) is 12.6 Å². The number of fused-ring (bicyclic) bond motifs is 2. The number of nitrogens with zero attached hydrogens (tertiary/aromatic N) is 1. The number of hydrogen-bond donors (Lipinski definition) is 1. The Labute approximate surface area is 157 Å². The predicted molar refractivity (Wildman–Crippen MR) is 95.4 cm³/mol. The Balaban J connectivity index is 1.51. The minimum Gasteiger partial charge on any atom is -0.484 e. The van der Waals surface area contributed by atoms with Crippen LogP contribution in [-0.4, -0.2) is 41.0 Å². The fourth-order valence-corrected chi connectivity index (χ4v) is 3.29. The van der Waals surface area contributed by atoms with E-state index >= 15 is 0 Å². The van der Waals surface area contributed by atoms with E-state index in [4.69, 9.17) is 4.74 Å². The summed E-state index contributed by atoms with van der Waals surface area (Å²) in [5.41, 5.74) is 2.28. The van der Waals surface area contributed by atoms with Crippen molar-refractivity contribution in [3.63, 3.8) is 0 Å². The lowest BCUT2D eigenvalue weighted by molar-refractivity contribution is -0.153. The number of benzene rings is 2. The van der Waals surface area contributed by atoms with Gasteiger partial charge in [-0.05, 0) is 42.3 Å². The highest BCUT2D eigenvalue weighted by Gasteiger charge is 2.34. The van der Waals surface area contributed by atoms with Crippen molar-refractivity contribution >= 4 is 22.7 Å². The summed E-state index contributed by atoms with van der Waals surface area (Å²) in [6.45, 7) is -1.19. The second-order valence-corrected chi connectivity index (χ2v) is 6.48. The number of rotatable bonds is 5. The second kappa shape index (κ2) is 6.70. The van der Waals surface area contributed by atoms with Crippen LogP contribution in [0.25, 0.3) is 10.9 Å². The molecule has 1 aliphatic heterocycles. The first-order chi connectivity index (χ1) is 13.3. The number of alkyl halides is 3. The molecule has 0 aliphatic carbocycles. The van der Waals surface area contributed by atoms with Crippen LogP contribution in [-0.2, 0) is 6.42 Å². The predicted octanol–water partition coefficient (Wildman–Crippen LogP) is 3.95. The van der Waals surface area contributed by atoms with E-state index in [2.05, 4.69) is 4.98 Å². The normalized spacial score (nSPS) is 14.0. The molecule has 0 bridgehead atoms. The standard InChI is InChI=1S/C20H15F3N2O3/c21-20(22,23)11-28-13-5-6-17-16(9-13)12(10-24-17)7-8-25-18(26)14-3-1-2-4-15(14)19(25)27/h1-6,9-10,24H,7-8,11H2. The lowest BCUT2D eigenvalue weighted by Crippen LogP contribution is -2.31. The zero-order valence-corrected chi connectivity index (χ0v) is 14.5. The Bertz CT molecular complexity index is 1040. The van der Waals surface area contributed by atoms with Gasteiger partial charge < -0.3 is 9.72 Å². The number of aromatic nitrogens is 1. The maximum atomic E-state index is 12.4. The van der Waals surface area contributed by atoms with Gasteiger partial charge in [0, 0.05) is 23.6 Å². The number of carbonyl (C=O) groups is 2. The average molecular weight is 388 g/mol. The van der Waals surface area contributed by atoms with Crippen molar-refractivity contribution in [1.29, 1.82) is 0 Å². The number of carbonyl (C=O) groups excluding carboxylic acids is 2. The fourth-order valence-electron chi connectivity index (χ4n) is 3.29. The Morgan fingerprint density at radius 3 is 2.32 bits per heavy atom. The summed E-state index contributed by atoms with van der Waals surface area (Å²) in [5.74, 6) is -0.573. The van der Waals surface area contributed by atoms with Crippen molar-refractivity contribution in [1.82, 2.24) is 9.88 Å². The number of nitrogens with one attached hydrogen (secondary N) is 1. The van der Waals surface area contributed by atoms with Gasteiger partial charge in [-0.15, -0.1) is 0 Å². The lowest BCUT2D eigenvalue weighted by atomic mass is 10.1. The van der Waals surface area contributed by atoms with Crippen molar-refractivity contribution < 1.29 is 27.5 Å². The molecule has 2 heterocycles. The summed E-state index contributed by atoms with van der Waals surface area (Å²) < 4.78 is 41.9. The van der Waals surface area contributed by atoms with E-state index < -0.39 is 12.8 Å². The first kappa shape index (κ1) is 18.1. The highest BCUT2D eigenvalue weighted by molar-refractivity contribution is 6.21. The number of H-pyrrole nitrogens is 1. The number of hydrogen-bond acceptors (Lipinski definition) is 3. The van der Waals surface area contributed by atoms with Gasteiger partial charge in [-0.25, -0.2) is 0 Å². The van der Waals surface area contributed by atoms with Gasteiger partial charge in [-0.2, -0.15) is 13.2 Å². The van der Waals surface area contributed by atoms with Crippen LogP contribution in [0.4, 0.5) is 13.2 Å². The van der Waals surface area contributed by atoms with Gasteiger partial charge >= 0.3 is 6.18 Å². The number of aromatic amines is 1. The third-order valence-electron chi connectivity index (χ3n) is 4.62. The smallest absolute Gasteiger partial charge is 0.422 e. The molecule has 0 saturated heterocycles. The molecule has 1 N–H and O–H groups in total. The highest BCUT2D eigenvalue weighted by atomic mass is 19.4. The molecule has 2 aromatic carbocycles. The summed E-state index contributed by atoms with van der Waals surface area (Å²) >= 11 is 0. The lowest BCUT2D eigenvalue weighted by Gasteiger charge is -2.13. The largest absolute Gasteiger partial charge is 0.484 e. The Hall–Kier alpha value is -3.29. The molecule has 0 fully saturated rings. The highest BCUT2D eigenvalue weighted by Crippen LogP contribution is 2.27. The van der Waals surface area contributed by atoms with E-state index in [9.17, 15) is 22.8 Å². The molecule has 4 rings (SSSR count). The first-order valence-electron chi connectivity index (χ1n) is 8.58. The fraction of sp³-hybridized carbons (Fsp3) is 0.200. The molecule has 28 heavy (non-hydrogen) atoms. The number of imide groups is 1. The van der Waals surface area contributed by atoms with E-state index in [1.54, 1.807) is 36.5 Å². The number of ether oxygens (including phenoxy) is 1. The minimum absolute atomic E-state index is 0.103. The van der Waals surface area contributed by atoms with Crippen molar-refractivity contribution in [2.24, 2.45) is 0 Å². The minimum atomic E-state index is -4.42. The molecule has 1 aromatic heterocycles. The van der Waals surface area contributed by atoms with Gasteiger partial charge in [0.2, 0.25) is 0 Å². The maximum absolute atomic E-state index is 12.4. The summed E-state index contributed by atoms with van der Waals surface area (Å²) in [6.07, 6.45) is -2.33. The van der Waals surface area contributed by atoms with Crippen LogP contribution >= 0.6 is 0 Å². The summed E-state index contributed by atoms with van der Waals surface area (Å²) in [5, 5.41) is 0.691. The van der Waals surface area contributed by atoms with Crippen LogP contribution < -0.4 is 4.74 Å². The van der Waals surface area contributed by atoms with Crippen LogP contribution in [0.3, 0.4) is 0 Å². The van der Waals surface area contributed by atoms with Gasteiger partial charge in [0.05, 0.1) is 11.1 Å². The van der Waals surface area contributed by atoms with Crippen LogP contribution in [0.1, 0.15) is 26.3 Å². The average Bonchev–Trinajstić information content (AvgIpc) is 3.17. The molecular weight excluding hydrogens is 373 g/mol. The van der Waals surface area contributed by atoms with Gasteiger partial charge in [-0.1, -0.05) is 12.1 Å². The topological polar surface area (TPSA) is 62.4 Å². The SMILES string of the molecule is O=C1c2ccccc2C(=O)N1CCc1c[nH]c2ccc(OCC(F)(F)F)cc12. The Morgan fingerprint density at radius 2 is 1.68 bits per heavy atom. The van der Waals surface area contributed by atoms with E-state index in [0.717, 1.165) is 11.1 Å². The Kier molecular flexibility index (Phi) is 4.33. The molecule has 2 amide bonds. The van der Waals surface area contributed by atoms with Crippen LogP contribution in [0.15, 0.2) is 48.7 Å². The van der Waals surface area contributed by atoms with Crippen molar-refractivity contribution in [3.8, 4) is 5.75 Å². The summed E-state index contributed by atoms with van der Waals surface area (Å²) in [4.78, 5) is 29.1. The number of halogens is 3. The van der Waals surface area contributed by atoms with Gasteiger partial charge in [-0.3, -0.25) is 14.5 Å². The zero-order valence-electron chi connectivity index (χ0n) is 14.5. The molecule has 0 unspecified atom stereocenters. The van der Waals surface area contributed by atoms with Gasteiger partial charge in [0.15, 0.2) is 6.61 Å². The van der Waals surface area contributed by atoms with E-state index in [1.807, 2.05) is 0 Å². The van der Waals surface area contributed by atoms with E-state index in [-0.39, 0.29) is 24.1 Å². The Morgan fingerprint density at radius 1 is 1.00 bits per heavy atom. The summed E-state index contributed by atoms with van der Waals surface area (Å²) in [7, 11) is 0. The van der Waals surface area contributed by atoms with Crippen LogP contribution in [0, 0.1) is 0 Å². The number of amides is 2. The van der Waals surface area contributed by atoms with Gasteiger partial charge in [0.25, 0.3) is 11.8 Å². The molecular formula is C20H15F3N2O3. The molecule has 3 aromatic rings. The molecule has 5 nitrogen and oxygen atoms in total. The summed E-state index contributed by atoms with van der Waals surface area (Å²) in [6, 6.07) is 11.3. The van der Waals surface area contributed by atoms with Gasteiger partial charge in [0.1, 0.15) is 5.75 Å². The van der Waals surface area contributed by atoms with Crippen LogP contribution in [0.2, 0.25) is 0 Å². The molecule has 0 spiro atoms.